The van der Waals surface area contributed by atoms with Crippen LogP contribution in [-0.4, -0.2) is 33.4 Å². The number of anilines is 2. The summed E-state index contributed by atoms with van der Waals surface area (Å²) in [5.74, 6) is -0.390. The number of benzene rings is 1. The lowest BCUT2D eigenvalue weighted by Crippen LogP contribution is -2.19. The average molecular weight is 397 g/mol. The van der Waals surface area contributed by atoms with Crippen molar-refractivity contribution in [3.05, 3.63) is 65.4 Å². The maximum atomic E-state index is 13.2. The van der Waals surface area contributed by atoms with Gasteiger partial charge in [0.15, 0.2) is 5.82 Å². The molecule has 0 aliphatic heterocycles. The molecule has 2 amide bonds. The fourth-order valence-corrected chi connectivity index (χ4v) is 2.81. The molecule has 0 aliphatic carbocycles. The zero-order valence-corrected chi connectivity index (χ0v) is 16.2. The van der Waals surface area contributed by atoms with E-state index in [0.29, 0.717) is 34.1 Å². The van der Waals surface area contributed by atoms with Gasteiger partial charge in [-0.15, -0.1) is 0 Å². The molecule has 8 nitrogen and oxygen atoms in total. The van der Waals surface area contributed by atoms with Gasteiger partial charge in [-0.2, -0.15) is 5.10 Å². The number of carbonyl (C=O) groups is 2. The van der Waals surface area contributed by atoms with Gasteiger partial charge >= 0.3 is 12.0 Å². The van der Waals surface area contributed by atoms with Gasteiger partial charge in [0.25, 0.3) is 0 Å². The Morgan fingerprint density at radius 3 is 2.55 bits per heavy atom. The molecule has 0 bridgehead atoms. The minimum absolute atomic E-state index is 0.277. The van der Waals surface area contributed by atoms with E-state index in [1.165, 1.54) is 29.1 Å². The van der Waals surface area contributed by atoms with Crippen LogP contribution in [0.4, 0.5) is 20.6 Å². The summed E-state index contributed by atoms with van der Waals surface area (Å²) in [5.41, 5.74) is 2.33. The normalized spacial score (nSPS) is 10.5. The smallest absolute Gasteiger partial charge is 0.341 e. The van der Waals surface area contributed by atoms with Gasteiger partial charge in [0.2, 0.25) is 0 Å². The van der Waals surface area contributed by atoms with Crippen LogP contribution in [0.2, 0.25) is 0 Å². The van der Waals surface area contributed by atoms with Crippen LogP contribution >= 0.6 is 0 Å². The van der Waals surface area contributed by atoms with Gasteiger partial charge < -0.3 is 15.4 Å². The van der Waals surface area contributed by atoms with E-state index in [4.69, 9.17) is 4.74 Å². The number of esters is 1. The maximum Gasteiger partial charge on any atom is 0.341 e. The van der Waals surface area contributed by atoms with E-state index in [-0.39, 0.29) is 6.61 Å². The first-order valence-corrected chi connectivity index (χ1v) is 8.92. The molecule has 0 saturated heterocycles. The molecule has 0 aliphatic rings. The number of rotatable bonds is 5. The first-order chi connectivity index (χ1) is 13.9. The first kappa shape index (κ1) is 20.0. The van der Waals surface area contributed by atoms with Crippen molar-refractivity contribution >= 4 is 23.4 Å². The predicted octanol–water partition coefficient (Wildman–Crippen LogP) is 3.84. The second-order valence-electron chi connectivity index (χ2n) is 6.17. The van der Waals surface area contributed by atoms with E-state index in [1.807, 2.05) is 0 Å². The van der Waals surface area contributed by atoms with E-state index >= 15 is 0 Å². The van der Waals surface area contributed by atoms with E-state index in [1.54, 1.807) is 39.0 Å². The monoisotopic (exact) mass is 397 g/mol. The Labute approximate surface area is 166 Å². The molecule has 0 unspecified atom stereocenters. The Hall–Kier alpha value is -3.75. The maximum absolute atomic E-state index is 13.2. The van der Waals surface area contributed by atoms with Crippen molar-refractivity contribution in [1.82, 2.24) is 14.8 Å². The van der Waals surface area contributed by atoms with E-state index in [9.17, 15) is 14.0 Å². The number of amides is 2. The van der Waals surface area contributed by atoms with Gasteiger partial charge in [0.1, 0.15) is 11.4 Å². The third-order valence-corrected chi connectivity index (χ3v) is 4.08. The summed E-state index contributed by atoms with van der Waals surface area (Å²) in [4.78, 5) is 28.4. The van der Waals surface area contributed by atoms with Crippen LogP contribution in [0, 0.1) is 19.7 Å². The summed E-state index contributed by atoms with van der Waals surface area (Å²) in [5, 5.41) is 9.51. The quantitative estimate of drug-likeness (QED) is 0.638. The van der Waals surface area contributed by atoms with Crippen molar-refractivity contribution in [3.8, 4) is 5.82 Å². The molecule has 0 radical (unpaired) electrons. The third-order valence-electron chi connectivity index (χ3n) is 4.08. The number of nitrogens with zero attached hydrogens (tertiary/aromatic N) is 3. The summed E-state index contributed by atoms with van der Waals surface area (Å²) >= 11 is 0. The molecule has 9 heteroatoms. The predicted molar refractivity (Wildman–Crippen MR) is 106 cm³/mol. The number of pyridine rings is 1. The number of urea groups is 1. The number of aryl methyl sites for hydroxylation is 1. The lowest BCUT2D eigenvalue weighted by atomic mass is 10.2. The van der Waals surface area contributed by atoms with E-state index in [0.717, 1.165) is 0 Å². The molecular formula is C20H20FN5O3. The largest absolute Gasteiger partial charge is 0.462 e. The summed E-state index contributed by atoms with van der Waals surface area (Å²) in [6, 6.07) is 8.36. The second kappa shape index (κ2) is 8.51. The zero-order chi connectivity index (χ0) is 21.0. The molecule has 0 saturated carbocycles. The molecule has 0 fully saturated rings. The van der Waals surface area contributed by atoms with Crippen LogP contribution in [-0.2, 0) is 4.74 Å². The molecule has 2 heterocycles. The van der Waals surface area contributed by atoms with Gasteiger partial charge in [-0.25, -0.2) is 23.6 Å². The Morgan fingerprint density at radius 1 is 1.14 bits per heavy atom. The SMILES string of the molecule is CCOC(=O)c1c(C)nn(-c2ccc(NC(=O)Nc3cccc(F)c3)cn2)c1C. The number of aromatic nitrogens is 3. The number of halogens is 1. The molecule has 3 aromatic rings. The summed E-state index contributed by atoms with van der Waals surface area (Å²) in [6.45, 7) is 5.50. The summed E-state index contributed by atoms with van der Waals surface area (Å²) < 4.78 is 19.8. The Morgan fingerprint density at radius 2 is 1.90 bits per heavy atom. The molecule has 3 rings (SSSR count). The van der Waals surface area contributed by atoms with Crippen molar-refractivity contribution in [2.75, 3.05) is 17.2 Å². The van der Waals surface area contributed by atoms with Gasteiger partial charge in [0, 0.05) is 5.69 Å². The number of nitrogens with one attached hydrogen (secondary N) is 2. The molecule has 0 spiro atoms. The van der Waals surface area contributed by atoms with Crippen LogP contribution in [0.1, 0.15) is 28.7 Å². The van der Waals surface area contributed by atoms with Gasteiger partial charge in [0.05, 0.1) is 29.9 Å². The highest BCUT2D eigenvalue weighted by Crippen LogP contribution is 2.19. The topological polar surface area (TPSA) is 98.1 Å². The van der Waals surface area contributed by atoms with Gasteiger partial charge in [-0.3, -0.25) is 0 Å². The molecule has 2 aromatic heterocycles. The lowest BCUT2D eigenvalue weighted by molar-refractivity contribution is 0.0524. The first-order valence-electron chi connectivity index (χ1n) is 8.92. The average Bonchev–Trinajstić information content (AvgIpc) is 2.97. The van der Waals surface area contributed by atoms with Crippen LogP contribution in [0.5, 0.6) is 0 Å². The Bertz CT molecular complexity index is 1050. The minimum Gasteiger partial charge on any atom is -0.462 e. The highest BCUT2D eigenvalue weighted by molar-refractivity contribution is 5.99. The van der Waals surface area contributed by atoms with Gasteiger partial charge in [-0.05, 0) is 51.1 Å². The van der Waals surface area contributed by atoms with Crippen LogP contribution in [0.25, 0.3) is 5.82 Å². The molecular weight excluding hydrogens is 377 g/mol. The highest BCUT2D eigenvalue weighted by Gasteiger charge is 2.20. The highest BCUT2D eigenvalue weighted by atomic mass is 19.1. The standard InChI is InChI=1S/C20H20FN5O3/c1-4-29-19(27)18-12(2)25-26(13(18)3)17-9-8-16(11-22-17)24-20(28)23-15-7-5-6-14(21)10-15/h5-11H,4H2,1-3H3,(H2,23,24,28). The molecule has 29 heavy (non-hydrogen) atoms. The number of hydrogen-bond donors (Lipinski definition) is 2. The van der Waals surface area contributed by atoms with Crippen molar-refractivity contribution < 1.29 is 18.7 Å². The summed E-state index contributed by atoms with van der Waals surface area (Å²) in [6.07, 6.45) is 1.46. The molecule has 1 aromatic carbocycles. The second-order valence-corrected chi connectivity index (χ2v) is 6.17. The third kappa shape index (κ3) is 4.57. The van der Waals surface area contributed by atoms with Crippen molar-refractivity contribution in [2.24, 2.45) is 0 Å². The number of carbonyl (C=O) groups excluding carboxylic acids is 2. The van der Waals surface area contributed by atoms with Crippen LogP contribution in [0.15, 0.2) is 42.6 Å². The molecule has 0 atom stereocenters. The zero-order valence-electron chi connectivity index (χ0n) is 16.2. The number of hydrogen-bond acceptors (Lipinski definition) is 5. The van der Waals surface area contributed by atoms with Gasteiger partial charge in [-0.1, -0.05) is 6.07 Å². The fraction of sp³-hybridized carbons (Fsp3) is 0.200. The van der Waals surface area contributed by atoms with E-state index < -0.39 is 17.8 Å². The lowest BCUT2D eigenvalue weighted by Gasteiger charge is -2.09. The Balaban J connectivity index is 1.73. The Kier molecular flexibility index (Phi) is 5.87. The molecule has 150 valence electrons. The fourth-order valence-electron chi connectivity index (χ4n) is 2.81. The van der Waals surface area contributed by atoms with Crippen molar-refractivity contribution in [1.29, 1.82) is 0 Å². The minimum atomic E-state index is -0.527. The van der Waals surface area contributed by atoms with Crippen LogP contribution < -0.4 is 10.6 Å². The molecule has 2 N–H and O–H groups in total. The van der Waals surface area contributed by atoms with E-state index in [2.05, 4.69) is 20.7 Å². The number of ether oxygens (including phenoxy) is 1. The summed E-state index contributed by atoms with van der Waals surface area (Å²) in [7, 11) is 0. The van der Waals surface area contributed by atoms with Crippen LogP contribution in [0.3, 0.4) is 0 Å². The van der Waals surface area contributed by atoms with Crippen molar-refractivity contribution in [3.63, 3.8) is 0 Å². The van der Waals surface area contributed by atoms with Crippen molar-refractivity contribution in [2.45, 2.75) is 20.8 Å².